The van der Waals surface area contributed by atoms with Crippen LogP contribution in [-0.4, -0.2) is 33.4 Å². The second kappa shape index (κ2) is 6.60. The molecule has 0 saturated heterocycles. The van der Waals surface area contributed by atoms with E-state index in [1.54, 1.807) is 55.4 Å². The summed E-state index contributed by atoms with van der Waals surface area (Å²) in [6.07, 6.45) is -1.54. The van der Waals surface area contributed by atoms with Crippen molar-refractivity contribution in [3.63, 3.8) is 0 Å². The second-order valence-electron chi connectivity index (χ2n) is 7.35. The van der Waals surface area contributed by atoms with Gasteiger partial charge in [-0.15, -0.1) is 0 Å². The second-order valence-corrected chi connectivity index (χ2v) is 7.35. The molecule has 1 aromatic rings. The van der Waals surface area contributed by atoms with Crippen LogP contribution in [0.15, 0.2) is 4.52 Å². The standard InChI is InChI=1S/C16H26N2O5/c1-10-12(11(2)23-17-10)9-18(13(19)21-15(3,4)5)14(20)22-16(6,7)8/h9H2,1-8H3. The number of carbonyl (C=O) groups excluding carboxylic acids is 2. The van der Waals surface area contributed by atoms with Gasteiger partial charge in [0.25, 0.3) is 0 Å². The summed E-state index contributed by atoms with van der Waals surface area (Å²) in [5.41, 5.74) is -0.187. The molecule has 23 heavy (non-hydrogen) atoms. The number of aromatic nitrogens is 1. The lowest BCUT2D eigenvalue weighted by Gasteiger charge is -2.28. The summed E-state index contributed by atoms with van der Waals surface area (Å²) in [7, 11) is 0. The molecule has 0 aliphatic rings. The molecule has 0 unspecified atom stereocenters. The van der Waals surface area contributed by atoms with E-state index in [0.717, 1.165) is 4.90 Å². The molecule has 130 valence electrons. The van der Waals surface area contributed by atoms with Gasteiger partial charge in [0.1, 0.15) is 17.0 Å². The number of carbonyl (C=O) groups is 2. The summed E-state index contributed by atoms with van der Waals surface area (Å²) in [5, 5.41) is 3.83. The van der Waals surface area contributed by atoms with Gasteiger partial charge in [-0.3, -0.25) is 0 Å². The minimum Gasteiger partial charge on any atom is -0.443 e. The predicted molar refractivity (Wildman–Crippen MR) is 84.0 cm³/mol. The summed E-state index contributed by atoms with van der Waals surface area (Å²) >= 11 is 0. The molecular formula is C16H26N2O5. The molecule has 0 saturated carbocycles. The van der Waals surface area contributed by atoms with Crippen molar-refractivity contribution in [2.75, 3.05) is 0 Å². The van der Waals surface area contributed by atoms with E-state index in [0.29, 0.717) is 17.0 Å². The fraction of sp³-hybridized carbons (Fsp3) is 0.688. The monoisotopic (exact) mass is 326 g/mol. The molecule has 0 aliphatic carbocycles. The van der Waals surface area contributed by atoms with Crippen LogP contribution in [0.5, 0.6) is 0 Å². The third kappa shape index (κ3) is 5.92. The van der Waals surface area contributed by atoms with Crippen LogP contribution in [0.1, 0.15) is 58.6 Å². The third-order valence-electron chi connectivity index (χ3n) is 2.73. The van der Waals surface area contributed by atoms with Crippen LogP contribution in [0, 0.1) is 13.8 Å². The number of hydrogen-bond donors (Lipinski definition) is 0. The van der Waals surface area contributed by atoms with Crippen LogP contribution in [-0.2, 0) is 16.0 Å². The Hall–Kier alpha value is -2.05. The Bertz CT molecular complexity index is 531. The van der Waals surface area contributed by atoms with Crippen molar-refractivity contribution >= 4 is 12.2 Å². The number of amides is 2. The molecule has 0 spiro atoms. The zero-order valence-corrected chi connectivity index (χ0v) is 15.1. The lowest BCUT2D eigenvalue weighted by molar-refractivity contribution is -0.000303. The number of ether oxygens (including phenoxy) is 2. The summed E-state index contributed by atoms with van der Waals surface area (Å²) < 4.78 is 15.7. The van der Waals surface area contributed by atoms with Crippen molar-refractivity contribution in [2.45, 2.75) is 73.1 Å². The number of hydrogen-bond acceptors (Lipinski definition) is 6. The summed E-state index contributed by atoms with van der Waals surface area (Å²) in [5.74, 6) is 0.541. The van der Waals surface area contributed by atoms with Gasteiger partial charge in [-0.1, -0.05) is 5.16 Å². The Morgan fingerprint density at radius 2 is 1.43 bits per heavy atom. The minimum absolute atomic E-state index is 0.0228. The summed E-state index contributed by atoms with van der Waals surface area (Å²) in [6.45, 7) is 13.8. The van der Waals surface area contributed by atoms with E-state index in [1.807, 2.05) is 0 Å². The Labute approximate surface area is 136 Å². The maximum Gasteiger partial charge on any atom is 0.420 e. The van der Waals surface area contributed by atoms with Gasteiger partial charge in [-0.25, -0.2) is 14.5 Å². The van der Waals surface area contributed by atoms with Crippen LogP contribution in [0.3, 0.4) is 0 Å². The van der Waals surface area contributed by atoms with Crippen LogP contribution >= 0.6 is 0 Å². The first-order valence-electron chi connectivity index (χ1n) is 7.45. The van der Waals surface area contributed by atoms with Crippen LogP contribution < -0.4 is 0 Å². The molecule has 0 bridgehead atoms. The van der Waals surface area contributed by atoms with E-state index in [9.17, 15) is 9.59 Å². The number of nitrogens with zero attached hydrogens (tertiary/aromatic N) is 2. The van der Waals surface area contributed by atoms with Crippen LogP contribution in [0.4, 0.5) is 9.59 Å². The molecule has 7 nitrogen and oxygen atoms in total. The normalized spacial score (nSPS) is 12.0. The van der Waals surface area contributed by atoms with E-state index < -0.39 is 23.4 Å². The van der Waals surface area contributed by atoms with Crippen molar-refractivity contribution in [3.05, 3.63) is 17.0 Å². The molecule has 0 fully saturated rings. The molecule has 0 atom stereocenters. The Balaban J connectivity index is 3.06. The minimum atomic E-state index is -0.772. The zero-order chi connectivity index (χ0) is 18.0. The van der Waals surface area contributed by atoms with E-state index in [1.165, 1.54) is 0 Å². The average molecular weight is 326 g/mol. The molecule has 1 aromatic heterocycles. The van der Waals surface area contributed by atoms with Gasteiger partial charge in [0.2, 0.25) is 0 Å². The van der Waals surface area contributed by atoms with Gasteiger partial charge < -0.3 is 14.0 Å². The third-order valence-corrected chi connectivity index (χ3v) is 2.73. The van der Waals surface area contributed by atoms with Crippen molar-refractivity contribution < 1.29 is 23.6 Å². The van der Waals surface area contributed by atoms with Gasteiger partial charge in [-0.2, -0.15) is 0 Å². The number of imide groups is 1. The lowest BCUT2D eigenvalue weighted by atomic mass is 10.2. The van der Waals surface area contributed by atoms with E-state index in [4.69, 9.17) is 14.0 Å². The fourth-order valence-corrected chi connectivity index (χ4v) is 1.72. The highest BCUT2D eigenvalue weighted by Crippen LogP contribution is 2.20. The van der Waals surface area contributed by atoms with Gasteiger partial charge in [0.15, 0.2) is 0 Å². The quantitative estimate of drug-likeness (QED) is 0.818. The SMILES string of the molecule is Cc1noc(C)c1CN(C(=O)OC(C)(C)C)C(=O)OC(C)(C)C. The van der Waals surface area contributed by atoms with Crippen LogP contribution in [0.25, 0.3) is 0 Å². The molecule has 7 heteroatoms. The largest absolute Gasteiger partial charge is 0.443 e. The maximum absolute atomic E-state index is 12.4. The van der Waals surface area contributed by atoms with E-state index >= 15 is 0 Å². The Morgan fingerprint density at radius 1 is 1.00 bits per heavy atom. The Kier molecular flexibility index (Phi) is 5.45. The molecule has 2 amide bonds. The van der Waals surface area contributed by atoms with Gasteiger partial charge in [0, 0.05) is 5.56 Å². The molecule has 1 heterocycles. The molecule has 1 rings (SSSR count). The topological polar surface area (TPSA) is 81.9 Å². The molecule has 0 aromatic carbocycles. The first-order chi connectivity index (χ1) is 10.3. The fourth-order valence-electron chi connectivity index (χ4n) is 1.72. The molecule has 0 radical (unpaired) electrons. The van der Waals surface area contributed by atoms with Gasteiger partial charge in [0.05, 0.1) is 12.2 Å². The molecule has 0 aliphatic heterocycles. The van der Waals surface area contributed by atoms with Crippen molar-refractivity contribution in [2.24, 2.45) is 0 Å². The summed E-state index contributed by atoms with van der Waals surface area (Å²) in [6, 6.07) is 0. The van der Waals surface area contributed by atoms with Crippen molar-refractivity contribution in [1.29, 1.82) is 0 Å². The first kappa shape index (κ1) is 19.0. The van der Waals surface area contributed by atoms with E-state index in [-0.39, 0.29) is 6.54 Å². The van der Waals surface area contributed by atoms with Crippen LogP contribution in [0.2, 0.25) is 0 Å². The Morgan fingerprint density at radius 3 is 1.74 bits per heavy atom. The highest BCUT2D eigenvalue weighted by atomic mass is 16.6. The number of aryl methyl sites for hydroxylation is 2. The molecule has 0 N–H and O–H groups in total. The number of rotatable bonds is 2. The lowest BCUT2D eigenvalue weighted by Crippen LogP contribution is -2.43. The highest BCUT2D eigenvalue weighted by Gasteiger charge is 2.32. The first-order valence-corrected chi connectivity index (χ1v) is 7.45. The van der Waals surface area contributed by atoms with E-state index in [2.05, 4.69) is 5.16 Å². The van der Waals surface area contributed by atoms with Gasteiger partial charge >= 0.3 is 12.2 Å². The zero-order valence-electron chi connectivity index (χ0n) is 15.1. The molecular weight excluding hydrogens is 300 g/mol. The van der Waals surface area contributed by atoms with Crippen molar-refractivity contribution in [1.82, 2.24) is 10.1 Å². The van der Waals surface area contributed by atoms with Crippen molar-refractivity contribution in [3.8, 4) is 0 Å². The predicted octanol–water partition coefficient (Wildman–Crippen LogP) is 3.96. The van der Waals surface area contributed by atoms with Gasteiger partial charge in [-0.05, 0) is 55.4 Å². The highest BCUT2D eigenvalue weighted by molar-refractivity contribution is 5.88. The summed E-state index contributed by atoms with van der Waals surface area (Å²) in [4.78, 5) is 25.7. The smallest absolute Gasteiger partial charge is 0.420 e. The average Bonchev–Trinajstić information content (AvgIpc) is 2.61. The maximum atomic E-state index is 12.4.